The Bertz CT molecular complexity index is 278. The predicted molar refractivity (Wildman–Crippen MR) is 54.9 cm³/mol. The topological polar surface area (TPSA) is 37.3 Å². The molecule has 0 radical (unpaired) electrons. The van der Waals surface area contributed by atoms with E-state index in [2.05, 4.69) is 13.8 Å². The van der Waals surface area contributed by atoms with Crippen LogP contribution in [0, 0.1) is 23.2 Å². The minimum atomic E-state index is -0.816. The summed E-state index contributed by atoms with van der Waals surface area (Å²) in [6, 6.07) is 0. The van der Waals surface area contributed by atoms with Gasteiger partial charge < -0.3 is 5.11 Å². The van der Waals surface area contributed by atoms with Gasteiger partial charge >= 0.3 is 5.97 Å². The molecular weight excluding hydrogens is 176 g/mol. The van der Waals surface area contributed by atoms with Crippen LogP contribution in [0.5, 0.6) is 0 Å². The highest BCUT2D eigenvalue weighted by Crippen LogP contribution is 2.59. The first-order chi connectivity index (χ1) is 6.51. The number of hydrogen-bond donors (Lipinski definition) is 1. The molecule has 0 amide bonds. The summed E-state index contributed by atoms with van der Waals surface area (Å²) in [7, 11) is 0. The van der Waals surface area contributed by atoms with E-state index in [1.165, 1.54) is 25.3 Å². The lowest BCUT2D eigenvalue weighted by molar-refractivity contribution is -0.131. The fourth-order valence-corrected chi connectivity index (χ4v) is 3.49. The number of hydrogen-bond acceptors (Lipinski definition) is 1. The first-order valence-corrected chi connectivity index (χ1v) is 5.43. The molecule has 2 saturated carbocycles. The third kappa shape index (κ3) is 1.37. The zero-order valence-corrected chi connectivity index (χ0v) is 8.86. The summed E-state index contributed by atoms with van der Waals surface area (Å²) in [5.74, 6) is 1.22. The average Bonchev–Trinajstić information content (AvgIpc) is 2.59. The van der Waals surface area contributed by atoms with Crippen molar-refractivity contribution >= 4 is 5.97 Å². The van der Waals surface area contributed by atoms with Gasteiger partial charge in [0.1, 0.15) is 0 Å². The number of allylic oxidation sites excluding steroid dienone is 1. The summed E-state index contributed by atoms with van der Waals surface area (Å²) < 4.78 is 0. The van der Waals surface area contributed by atoms with Crippen molar-refractivity contribution in [3.05, 3.63) is 12.2 Å². The molecule has 0 aromatic rings. The van der Waals surface area contributed by atoms with E-state index in [0.29, 0.717) is 11.3 Å². The van der Waals surface area contributed by atoms with E-state index in [1.807, 2.05) is 6.08 Å². The number of rotatable bonds is 2. The number of carboxylic acid groups (broad SMARTS) is 1. The summed E-state index contributed by atoms with van der Waals surface area (Å²) in [5, 5.41) is 8.63. The maximum absolute atomic E-state index is 10.5. The second-order valence-electron chi connectivity index (χ2n) is 5.31. The zero-order valence-electron chi connectivity index (χ0n) is 8.86. The van der Waals surface area contributed by atoms with Crippen LogP contribution in [0.2, 0.25) is 0 Å². The van der Waals surface area contributed by atoms with Gasteiger partial charge in [-0.15, -0.1) is 0 Å². The Morgan fingerprint density at radius 2 is 2.14 bits per heavy atom. The van der Waals surface area contributed by atoms with Crippen LogP contribution in [0.15, 0.2) is 12.2 Å². The van der Waals surface area contributed by atoms with Crippen LogP contribution >= 0.6 is 0 Å². The SMILES string of the molecule is CC1(C)C2CCC(C2)C1C=CC(=O)O. The molecule has 2 nitrogen and oxygen atoms in total. The first kappa shape index (κ1) is 9.75. The van der Waals surface area contributed by atoms with E-state index in [9.17, 15) is 4.79 Å². The standard InChI is InChI=1S/C12H18O2/c1-12(2)9-4-3-8(7-9)10(12)5-6-11(13)14/h5-6,8-10H,3-4,7H2,1-2H3,(H,13,14). The summed E-state index contributed by atoms with van der Waals surface area (Å²) in [4.78, 5) is 10.5. The lowest BCUT2D eigenvalue weighted by Crippen LogP contribution is -2.29. The Balaban J connectivity index is 2.15. The molecule has 0 saturated heterocycles. The quantitative estimate of drug-likeness (QED) is 0.686. The largest absolute Gasteiger partial charge is 0.478 e. The molecule has 0 aliphatic heterocycles. The molecule has 0 aromatic carbocycles. The van der Waals surface area contributed by atoms with E-state index in [1.54, 1.807) is 0 Å². The van der Waals surface area contributed by atoms with Gasteiger partial charge in [0.05, 0.1) is 0 Å². The molecule has 2 aliphatic rings. The van der Waals surface area contributed by atoms with Crippen molar-refractivity contribution < 1.29 is 9.90 Å². The molecular formula is C12H18O2. The number of carbonyl (C=O) groups is 1. The van der Waals surface area contributed by atoms with Gasteiger partial charge in [-0.25, -0.2) is 4.79 Å². The average molecular weight is 194 g/mol. The van der Waals surface area contributed by atoms with Gasteiger partial charge in [-0.3, -0.25) is 0 Å². The highest BCUT2D eigenvalue weighted by atomic mass is 16.4. The van der Waals surface area contributed by atoms with Crippen LogP contribution in [0.1, 0.15) is 33.1 Å². The minimum Gasteiger partial charge on any atom is -0.478 e. The molecule has 2 aliphatic carbocycles. The number of aliphatic carboxylic acids is 1. The Morgan fingerprint density at radius 3 is 2.64 bits per heavy atom. The molecule has 0 spiro atoms. The lowest BCUT2D eigenvalue weighted by Gasteiger charge is -2.36. The van der Waals surface area contributed by atoms with E-state index in [0.717, 1.165) is 11.8 Å². The predicted octanol–water partition coefficient (Wildman–Crippen LogP) is 2.70. The zero-order chi connectivity index (χ0) is 10.3. The van der Waals surface area contributed by atoms with E-state index >= 15 is 0 Å². The normalized spacial score (nSPS) is 39.4. The number of carboxylic acids is 1. The van der Waals surface area contributed by atoms with Gasteiger partial charge in [-0.2, -0.15) is 0 Å². The Hall–Kier alpha value is -0.790. The van der Waals surface area contributed by atoms with Gasteiger partial charge in [0.2, 0.25) is 0 Å². The van der Waals surface area contributed by atoms with Crippen LogP contribution in [-0.2, 0) is 4.79 Å². The van der Waals surface area contributed by atoms with Crippen LogP contribution in [0.25, 0.3) is 0 Å². The molecule has 2 fully saturated rings. The molecule has 0 heterocycles. The Morgan fingerprint density at radius 1 is 1.43 bits per heavy atom. The van der Waals surface area contributed by atoms with Gasteiger partial charge in [-0.05, 0) is 42.4 Å². The van der Waals surface area contributed by atoms with Crippen LogP contribution in [0.4, 0.5) is 0 Å². The third-order valence-corrected chi connectivity index (χ3v) is 4.34. The monoisotopic (exact) mass is 194 g/mol. The van der Waals surface area contributed by atoms with Crippen molar-refractivity contribution in [2.75, 3.05) is 0 Å². The summed E-state index contributed by atoms with van der Waals surface area (Å²) in [6.45, 7) is 4.57. The summed E-state index contributed by atoms with van der Waals surface area (Å²) >= 11 is 0. The molecule has 3 atom stereocenters. The molecule has 2 rings (SSSR count). The molecule has 78 valence electrons. The second kappa shape index (κ2) is 3.11. The van der Waals surface area contributed by atoms with E-state index < -0.39 is 5.97 Å². The smallest absolute Gasteiger partial charge is 0.327 e. The van der Waals surface area contributed by atoms with Crippen LogP contribution < -0.4 is 0 Å². The van der Waals surface area contributed by atoms with E-state index in [4.69, 9.17) is 5.11 Å². The van der Waals surface area contributed by atoms with Gasteiger partial charge in [0, 0.05) is 6.08 Å². The molecule has 2 heteroatoms. The third-order valence-electron chi connectivity index (χ3n) is 4.34. The van der Waals surface area contributed by atoms with Crippen LogP contribution in [0.3, 0.4) is 0 Å². The van der Waals surface area contributed by atoms with E-state index in [-0.39, 0.29) is 0 Å². The molecule has 2 bridgehead atoms. The van der Waals surface area contributed by atoms with Gasteiger partial charge in [0.15, 0.2) is 0 Å². The van der Waals surface area contributed by atoms with Crippen molar-refractivity contribution in [2.45, 2.75) is 33.1 Å². The van der Waals surface area contributed by atoms with Gasteiger partial charge in [0.25, 0.3) is 0 Å². The maximum Gasteiger partial charge on any atom is 0.327 e. The fraction of sp³-hybridized carbons (Fsp3) is 0.750. The van der Waals surface area contributed by atoms with Crippen molar-refractivity contribution in [2.24, 2.45) is 23.2 Å². The summed E-state index contributed by atoms with van der Waals surface area (Å²) in [5.41, 5.74) is 0.314. The lowest BCUT2D eigenvalue weighted by atomic mass is 9.68. The molecule has 0 aromatic heterocycles. The van der Waals surface area contributed by atoms with Crippen molar-refractivity contribution in [3.63, 3.8) is 0 Å². The molecule has 14 heavy (non-hydrogen) atoms. The Kier molecular flexibility index (Phi) is 2.17. The molecule has 1 N–H and O–H groups in total. The maximum atomic E-state index is 10.5. The van der Waals surface area contributed by atoms with Crippen molar-refractivity contribution in [3.8, 4) is 0 Å². The van der Waals surface area contributed by atoms with Crippen molar-refractivity contribution in [1.82, 2.24) is 0 Å². The van der Waals surface area contributed by atoms with Crippen molar-refractivity contribution in [1.29, 1.82) is 0 Å². The second-order valence-corrected chi connectivity index (χ2v) is 5.31. The minimum absolute atomic E-state index is 0.314. The molecule has 3 unspecified atom stereocenters. The summed E-state index contributed by atoms with van der Waals surface area (Å²) in [6.07, 6.45) is 7.19. The van der Waals surface area contributed by atoms with Crippen LogP contribution in [-0.4, -0.2) is 11.1 Å². The Labute approximate surface area is 85.0 Å². The fourth-order valence-electron chi connectivity index (χ4n) is 3.49. The first-order valence-electron chi connectivity index (χ1n) is 5.43. The highest BCUT2D eigenvalue weighted by molar-refractivity contribution is 5.79. The highest BCUT2D eigenvalue weighted by Gasteiger charge is 2.51. The number of fused-ring (bicyclic) bond motifs is 2. The van der Waals surface area contributed by atoms with Gasteiger partial charge in [-0.1, -0.05) is 19.9 Å².